The van der Waals surface area contributed by atoms with E-state index >= 15 is 0 Å². The van der Waals surface area contributed by atoms with Gasteiger partial charge in [0.05, 0.1) is 11.1 Å². The predicted octanol–water partition coefficient (Wildman–Crippen LogP) is 6.36. The van der Waals surface area contributed by atoms with Gasteiger partial charge in [0.15, 0.2) is 0 Å². The molecule has 0 radical (unpaired) electrons. The SMILES string of the molecule is CC(C)C1CC[C@H]2C(CC[C@H]3[C@](C)(CO)CCC[C@]23C)C1.O=C(O)c1ccccc1C(=O)O. The van der Waals surface area contributed by atoms with Crippen LogP contribution < -0.4 is 0 Å². The van der Waals surface area contributed by atoms with Gasteiger partial charge in [-0.1, -0.05) is 46.2 Å². The molecule has 184 valence electrons. The van der Waals surface area contributed by atoms with Crippen molar-refractivity contribution in [3.05, 3.63) is 35.4 Å². The maximum Gasteiger partial charge on any atom is 0.336 e. The van der Waals surface area contributed by atoms with E-state index in [0.717, 1.165) is 29.6 Å². The third-order valence-corrected chi connectivity index (χ3v) is 9.49. The van der Waals surface area contributed by atoms with Gasteiger partial charge in [-0.05, 0) is 97.5 Å². The number of rotatable bonds is 4. The number of carboxylic acids is 2. The minimum atomic E-state index is -1.23. The van der Waals surface area contributed by atoms with Gasteiger partial charge in [0.2, 0.25) is 0 Å². The Morgan fingerprint density at radius 2 is 1.58 bits per heavy atom. The number of carbonyl (C=O) groups is 2. The summed E-state index contributed by atoms with van der Waals surface area (Å²) < 4.78 is 0. The molecule has 6 atom stereocenters. The molecule has 33 heavy (non-hydrogen) atoms. The van der Waals surface area contributed by atoms with Crippen LogP contribution in [-0.4, -0.2) is 33.9 Å². The lowest BCUT2D eigenvalue weighted by Gasteiger charge is -2.61. The van der Waals surface area contributed by atoms with Gasteiger partial charge in [-0.25, -0.2) is 9.59 Å². The molecule has 0 aliphatic heterocycles. The second kappa shape index (κ2) is 10.2. The molecule has 3 saturated carbocycles. The van der Waals surface area contributed by atoms with Crippen LogP contribution in [0.2, 0.25) is 0 Å². The topological polar surface area (TPSA) is 94.8 Å². The summed E-state index contributed by atoms with van der Waals surface area (Å²) in [7, 11) is 0. The molecule has 5 nitrogen and oxygen atoms in total. The number of hydrogen-bond acceptors (Lipinski definition) is 3. The molecule has 0 amide bonds. The van der Waals surface area contributed by atoms with Crippen molar-refractivity contribution < 1.29 is 24.9 Å². The molecule has 0 aromatic heterocycles. The van der Waals surface area contributed by atoms with Crippen molar-refractivity contribution in [2.45, 2.75) is 79.1 Å². The van der Waals surface area contributed by atoms with Crippen LogP contribution >= 0.6 is 0 Å². The summed E-state index contributed by atoms with van der Waals surface area (Å²) in [4.78, 5) is 20.9. The van der Waals surface area contributed by atoms with E-state index in [0.29, 0.717) is 12.0 Å². The van der Waals surface area contributed by atoms with Gasteiger partial charge in [0, 0.05) is 6.61 Å². The van der Waals surface area contributed by atoms with E-state index in [-0.39, 0.29) is 16.5 Å². The Kier molecular flexibility index (Phi) is 7.93. The summed E-state index contributed by atoms with van der Waals surface area (Å²) in [5.41, 5.74) is 0.336. The Morgan fingerprint density at radius 3 is 2.09 bits per heavy atom. The molecule has 5 heteroatoms. The van der Waals surface area contributed by atoms with E-state index in [1.54, 1.807) is 0 Å². The summed E-state index contributed by atoms with van der Waals surface area (Å²) in [5.74, 6) is 2.07. The maximum absolute atomic E-state index is 10.5. The number of aliphatic hydroxyl groups is 1. The van der Waals surface area contributed by atoms with E-state index in [9.17, 15) is 14.7 Å². The van der Waals surface area contributed by atoms with Gasteiger partial charge in [-0.15, -0.1) is 0 Å². The minimum absolute atomic E-state index is 0.190. The highest BCUT2D eigenvalue weighted by Gasteiger charge is 2.56. The Bertz CT molecular complexity index is 815. The number of aliphatic hydroxyl groups excluding tert-OH is 1. The Hall–Kier alpha value is -1.88. The number of aromatic carboxylic acids is 2. The van der Waals surface area contributed by atoms with Crippen LogP contribution in [-0.2, 0) is 0 Å². The molecule has 3 N–H and O–H groups in total. The summed E-state index contributed by atoms with van der Waals surface area (Å²) in [6.07, 6.45) is 11.2. The van der Waals surface area contributed by atoms with Gasteiger partial charge in [0.25, 0.3) is 0 Å². The standard InChI is InChI=1S/C20H36O.C8H6O4/c1-14(2)15-6-8-17-16(12-15)7-9-18-19(3,13-21)10-5-11-20(17,18)4;9-7(10)5-3-1-2-4-6(5)8(11)12/h14-18,21H,5-13H2,1-4H3;1-4H,(H,9,10)(H,11,12)/t15?,16?,17-,18-,19-,20+;/m0./s1. The van der Waals surface area contributed by atoms with Crippen LogP contribution in [0, 0.1) is 40.4 Å². The lowest BCUT2D eigenvalue weighted by Crippen LogP contribution is -2.54. The first kappa shape index (κ1) is 25.7. The molecule has 0 heterocycles. The second-order valence-corrected chi connectivity index (χ2v) is 11.6. The van der Waals surface area contributed by atoms with Crippen LogP contribution in [0.1, 0.15) is 99.8 Å². The zero-order valence-electron chi connectivity index (χ0n) is 20.7. The number of hydrogen-bond donors (Lipinski definition) is 3. The van der Waals surface area contributed by atoms with Crippen LogP contribution in [0.5, 0.6) is 0 Å². The molecule has 3 aliphatic rings. The van der Waals surface area contributed by atoms with Gasteiger partial charge in [-0.2, -0.15) is 0 Å². The quantitative estimate of drug-likeness (QED) is 0.488. The zero-order valence-corrected chi connectivity index (χ0v) is 20.7. The average molecular weight is 459 g/mol. The summed E-state index contributed by atoms with van der Waals surface area (Å²) in [6, 6.07) is 5.48. The van der Waals surface area contributed by atoms with Crippen molar-refractivity contribution in [2.75, 3.05) is 6.61 Å². The molecule has 0 saturated heterocycles. The van der Waals surface area contributed by atoms with Crippen molar-refractivity contribution >= 4 is 11.9 Å². The summed E-state index contributed by atoms with van der Waals surface area (Å²) in [5, 5.41) is 27.1. The van der Waals surface area contributed by atoms with Gasteiger partial charge >= 0.3 is 11.9 Å². The molecule has 1 aromatic rings. The van der Waals surface area contributed by atoms with E-state index in [1.807, 2.05) is 0 Å². The van der Waals surface area contributed by atoms with Crippen LogP contribution in [0.15, 0.2) is 24.3 Å². The van der Waals surface area contributed by atoms with Crippen LogP contribution in [0.4, 0.5) is 0 Å². The molecule has 3 aliphatic carbocycles. The fourth-order valence-electron chi connectivity index (χ4n) is 7.66. The van der Waals surface area contributed by atoms with Crippen LogP contribution in [0.25, 0.3) is 0 Å². The highest BCUT2D eigenvalue weighted by atomic mass is 16.4. The molecule has 0 spiro atoms. The first-order valence-electron chi connectivity index (χ1n) is 12.7. The van der Waals surface area contributed by atoms with Crippen molar-refractivity contribution in [3.8, 4) is 0 Å². The largest absolute Gasteiger partial charge is 0.478 e. The molecule has 3 fully saturated rings. The van der Waals surface area contributed by atoms with Crippen molar-refractivity contribution in [3.63, 3.8) is 0 Å². The van der Waals surface area contributed by atoms with E-state index in [4.69, 9.17) is 10.2 Å². The van der Waals surface area contributed by atoms with Crippen molar-refractivity contribution in [1.82, 2.24) is 0 Å². The third-order valence-electron chi connectivity index (χ3n) is 9.49. The average Bonchev–Trinajstić information content (AvgIpc) is 2.79. The Labute approximate surface area is 198 Å². The lowest BCUT2D eigenvalue weighted by molar-refractivity contribution is -0.135. The Morgan fingerprint density at radius 1 is 0.970 bits per heavy atom. The smallest absolute Gasteiger partial charge is 0.336 e. The second-order valence-electron chi connectivity index (χ2n) is 11.6. The van der Waals surface area contributed by atoms with E-state index in [1.165, 1.54) is 75.6 Å². The first-order chi connectivity index (χ1) is 15.5. The summed E-state index contributed by atoms with van der Waals surface area (Å²) >= 11 is 0. The van der Waals surface area contributed by atoms with Crippen molar-refractivity contribution in [2.24, 2.45) is 40.4 Å². The fourth-order valence-corrected chi connectivity index (χ4v) is 7.66. The lowest BCUT2D eigenvalue weighted by atomic mass is 9.44. The summed E-state index contributed by atoms with van der Waals surface area (Å²) in [6.45, 7) is 10.2. The number of carboxylic acid groups (broad SMARTS) is 2. The predicted molar refractivity (Wildman–Crippen MR) is 129 cm³/mol. The minimum Gasteiger partial charge on any atom is -0.478 e. The molecule has 0 bridgehead atoms. The van der Waals surface area contributed by atoms with Gasteiger partial charge in [0.1, 0.15) is 0 Å². The highest BCUT2D eigenvalue weighted by molar-refractivity contribution is 6.01. The fraction of sp³-hybridized carbons (Fsp3) is 0.714. The Balaban J connectivity index is 0.000000218. The molecule has 4 rings (SSSR count). The number of benzene rings is 1. The normalized spacial score (nSPS) is 35.6. The number of fused-ring (bicyclic) bond motifs is 3. The first-order valence-corrected chi connectivity index (χ1v) is 12.7. The monoisotopic (exact) mass is 458 g/mol. The van der Waals surface area contributed by atoms with E-state index < -0.39 is 11.9 Å². The molecular formula is C28H42O5. The highest BCUT2D eigenvalue weighted by Crippen LogP contribution is 2.64. The van der Waals surface area contributed by atoms with Crippen LogP contribution in [0.3, 0.4) is 0 Å². The third kappa shape index (κ3) is 5.13. The zero-order chi connectivity index (χ0) is 24.4. The maximum atomic E-state index is 10.5. The molecule has 2 unspecified atom stereocenters. The molecule has 1 aromatic carbocycles. The molecular weight excluding hydrogens is 416 g/mol. The van der Waals surface area contributed by atoms with Gasteiger partial charge < -0.3 is 15.3 Å². The van der Waals surface area contributed by atoms with E-state index in [2.05, 4.69) is 27.7 Å². The van der Waals surface area contributed by atoms with Gasteiger partial charge in [-0.3, -0.25) is 0 Å². The van der Waals surface area contributed by atoms with Crippen molar-refractivity contribution in [1.29, 1.82) is 0 Å².